The zero-order valence-corrected chi connectivity index (χ0v) is 16.7. The van der Waals surface area contributed by atoms with Gasteiger partial charge < -0.3 is 15.5 Å². The van der Waals surface area contributed by atoms with E-state index >= 15 is 0 Å². The molecule has 3 fully saturated rings. The second kappa shape index (κ2) is 9.95. The summed E-state index contributed by atoms with van der Waals surface area (Å²) in [5, 5.41) is 0. The second-order valence-electron chi connectivity index (χ2n) is 7.34. The van der Waals surface area contributed by atoms with Crippen LogP contribution in [0.2, 0.25) is 0 Å². The Kier molecular flexibility index (Phi) is 8.95. The molecule has 0 aromatic rings. The van der Waals surface area contributed by atoms with Crippen molar-refractivity contribution in [1.29, 1.82) is 0 Å². The number of carbonyl (C=O) groups excluding carboxylic acids is 2. The number of halogens is 2. The van der Waals surface area contributed by atoms with Crippen molar-refractivity contribution >= 4 is 36.6 Å². The van der Waals surface area contributed by atoms with E-state index in [1.807, 2.05) is 16.7 Å². The molecule has 2 amide bonds. The van der Waals surface area contributed by atoms with Crippen molar-refractivity contribution in [3.8, 4) is 0 Å². The van der Waals surface area contributed by atoms with Crippen molar-refractivity contribution < 1.29 is 9.59 Å². The summed E-state index contributed by atoms with van der Waals surface area (Å²) in [7, 11) is 0. The van der Waals surface area contributed by atoms with Crippen LogP contribution in [0.5, 0.6) is 0 Å². The number of piperazine rings is 1. The Labute approximate surface area is 163 Å². The molecule has 1 saturated carbocycles. The van der Waals surface area contributed by atoms with Crippen LogP contribution in [0.3, 0.4) is 0 Å². The van der Waals surface area contributed by atoms with E-state index in [4.69, 9.17) is 5.73 Å². The largest absolute Gasteiger partial charge is 0.341 e. The van der Waals surface area contributed by atoms with Gasteiger partial charge in [0.25, 0.3) is 0 Å². The van der Waals surface area contributed by atoms with Gasteiger partial charge in [-0.1, -0.05) is 0 Å². The third-order valence-electron chi connectivity index (χ3n) is 5.77. The van der Waals surface area contributed by atoms with E-state index in [2.05, 4.69) is 4.90 Å². The molecular weight excluding hydrogens is 363 g/mol. The van der Waals surface area contributed by atoms with Gasteiger partial charge >= 0.3 is 0 Å². The highest BCUT2D eigenvalue weighted by Crippen LogP contribution is 2.26. The Morgan fingerprint density at radius 1 is 0.920 bits per heavy atom. The molecule has 3 atom stereocenters. The quantitative estimate of drug-likeness (QED) is 0.778. The number of amides is 2. The first-order chi connectivity index (χ1) is 11.1. The van der Waals surface area contributed by atoms with Crippen LogP contribution in [0.15, 0.2) is 0 Å². The summed E-state index contributed by atoms with van der Waals surface area (Å²) in [4.78, 5) is 31.2. The van der Waals surface area contributed by atoms with E-state index in [1.54, 1.807) is 0 Å². The van der Waals surface area contributed by atoms with E-state index in [-0.39, 0.29) is 54.6 Å². The van der Waals surface area contributed by atoms with Crippen LogP contribution in [0, 0.1) is 5.92 Å². The number of carbonyl (C=O) groups is 2. The van der Waals surface area contributed by atoms with Crippen molar-refractivity contribution in [2.75, 3.05) is 39.3 Å². The Morgan fingerprint density at radius 2 is 1.52 bits per heavy atom. The SMILES string of the molecule is CC(C(=O)N1CCCC1)N1CCN(C(=O)C2CCC(N)C2)CC1.Cl.Cl. The van der Waals surface area contributed by atoms with Crippen molar-refractivity contribution in [3.05, 3.63) is 0 Å². The normalized spacial score (nSPS) is 28.2. The van der Waals surface area contributed by atoms with E-state index in [1.165, 1.54) is 0 Å². The zero-order chi connectivity index (χ0) is 16.4. The minimum absolute atomic E-state index is 0. The number of nitrogens with two attached hydrogens (primary N) is 1. The van der Waals surface area contributed by atoms with Crippen LogP contribution < -0.4 is 5.73 Å². The van der Waals surface area contributed by atoms with Crippen molar-refractivity contribution in [3.63, 3.8) is 0 Å². The van der Waals surface area contributed by atoms with Gasteiger partial charge in [0, 0.05) is 51.2 Å². The number of nitrogens with zero attached hydrogens (tertiary/aromatic N) is 3. The average Bonchev–Trinajstić information content (AvgIpc) is 3.24. The maximum Gasteiger partial charge on any atom is 0.239 e. The third-order valence-corrected chi connectivity index (χ3v) is 5.77. The summed E-state index contributed by atoms with van der Waals surface area (Å²) in [6, 6.07) is 0.133. The topological polar surface area (TPSA) is 69.9 Å². The van der Waals surface area contributed by atoms with Crippen LogP contribution in [-0.2, 0) is 9.59 Å². The predicted molar refractivity (Wildman–Crippen MR) is 103 cm³/mol. The number of rotatable bonds is 3. The number of hydrogen-bond acceptors (Lipinski definition) is 4. The average molecular weight is 395 g/mol. The molecule has 2 heterocycles. The molecule has 25 heavy (non-hydrogen) atoms. The van der Waals surface area contributed by atoms with Gasteiger partial charge in [-0.25, -0.2) is 0 Å². The maximum atomic E-state index is 12.5. The van der Waals surface area contributed by atoms with Gasteiger partial charge in [-0.3, -0.25) is 14.5 Å². The molecule has 0 aromatic heterocycles. The summed E-state index contributed by atoms with van der Waals surface area (Å²) in [6.45, 7) is 6.89. The maximum absolute atomic E-state index is 12.5. The fourth-order valence-corrected chi connectivity index (χ4v) is 4.19. The fraction of sp³-hybridized carbons (Fsp3) is 0.882. The van der Waals surface area contributed by atoms with Crippen molar-refractivity contribution in [1.82, 2.24) is 14.7 Å². The highest BCUT2D eigenvalue weighted by molar-refractivity contribution is 5.85. The van der Waals surface area contributed by atoms with Crippen molar-refractivity contribution in [2.24, 2.45) is 11.7 Å². The lowest BCUT2D eigenvalue weighted by Gasteiger charge is -2.39. The summed E-state index contributed by atoms with van der Waals surface area (Å²) < 4.78 is 0. The van der Waals surface area contributed by atoms with Crippen LogP contribution in [-0.4, -0.2) is 77.9 Å². The van der Waals surface area contributed by atoms with E-state index in [0.29, 0.717) is 0 Å². The van der Waals surface area contributed by atoms with E-state index in [0.717, 1.165) is 71.4 Å². The molecule has 3 aliphatic rings. The highest BCUT2D eigenvalue weighted by Gasteiger charge is 2.34. The molecule has 0 radical (unpaired) electrons. The molecule has 8 heteroatoms. The van der Waals surface area contributed by atoms with Crippen molar-refractivity contribution in [2.45, 2.75) is 51.1 Å². The molecule has 3 rings (SSSR count). The lowest BCUT2D eigenvalue weighted by Crippen LogP contribution is -2.55. The third kappa shape index (κ3) is 5.22. The van der Waals surface area contributed by atoms with Crippen LogP contribution in [0.4, 0.5) is 0 Å². The van der Waals surface area contributed by atoms with Crippen LogP contribution in [0.25, 0.3) is 0 Å². The zero-order valence-electron chi connectivity index (χ0n) is 15.1. The first-order valence-corrected chi connectivity index (χ1v) is 9.13. The number of hydrogen-bond donors (Lipinski definition) is 1. The molecule has 146 valence electrons. The van der Waals surface area contributed by atoms with Crippen LogP contribution in [0.1, 0.15) is 39.0 Å². The Hall–Kier alpha value is -0.560. The monoisotopic (exact) mass is 394 g/mol. The van der Waals surface area contributed by atoms with Gasteiger partial charge in [0.05, 0.1) is 6.04 Å². The minimum atomic E-state index is -0.0646. The number of likely N-dealkylation sites (tertiary alicyclic amines) is 1. The molecular formula is C17H32Cl2N4O2. The van der Waals surface area contributed by atoms with Gasteiger partial charge in [-0.05, 0) is 39.0 Å². The van der Waals surface area contributed by atoms with Crippen LogP contribution >= 0.6 is 24.8 Å². The Morgan fingerprint density at radius 3 is 2.04 bits per heavy atom. The first-order valence-electron chi connectivity index (χ1n) is 9.13. The van der Waals surface area contributed by atoms with E-state index in [9.17, 15) is 9.59 Å². The van der Waals surface area contributed by atoms with Gasteiger partial charge in [-0.2, -0.15) is 0 Å². The molecule has 3 unspecified atom stereocenters. The Balaban J connectivity index is 0.00000156. The van der Waals surface area contributed by atoms with Gasteiger partial charge in [-0.15, -0.1) is 24.8 Å². The molecule has 0 bridgehead atoms. The molecule has 0 spiro atoms. The molecule has 0 aromatic carbocycles. The predicted octanol–water partition coefficient (Wildman–Crippen LogP) is 1.11. The first kappa shape index (κ1) is 22.5. The lowest BCUT2D eigenvalue weighted by atomic mass is 10.1. The van der Waals surface area contributed by atoms with Gasteiger partial charge in [0.2, 0.25) is 11.8 Å². The fourth-order valence-electron chi connectivity index (χ4n) is 4.19. The lowest BCUT2D eigenvalue weighted by molar-refractivity contribution is -0.140. The summed E-state index contributed by atoms with van der Waals surface area (Å²) in [6.07, 6.45) is 5.00. The van der Waals surface area contributed by atoms with Gasteiger partial charge in [0.15, 0.2) is 0 Å². The summed E-state index contributed by atoms with van der Waals surface area (Å²) in [5.41, 5.74) is 5.93. The summed E-state index contributed by atoms with van der Waals surface area (Å²) in [5.74, 6) is 0.653. The molecule has 6 nitrogen and oxygen atoms in total. The standard InChI is InChI=1S/C17H30N4O2.2ClH/c1-13(16(22)20-6-2-3-7-20)19-8-10-21(11-9-19)17(23)14-4-5-15(18)12-14;;/h13-15H,2-12,18H2,1H3;2*1H. The molecule has 2 saturated heterocycles. The molecule has 2 N–H and O–H groups in total. The van der Waals surface area contributed by atoms with E-state index < -0.39 is 0 Å². The highest BCUT2D eigenvalue weighted by atomic mass is 35.5. The Bertz CT molecular complexity index is 452. The molecule has 1 aliphatic carbocycles. The molecule has 2 aliphatic heterocycles. The van der Waals surface area contributed by atoms with Gasteiger partial charge in [0.1, 0.15) is 0 Å². The minimum Gasteiger partial charge on any atom is -0.341 e. The summed E-state index contributed by atoms with van der Waals surface area (Å²) >= 11 is 0. The smallest absolute Gasteiger partial charge is 0.239 e. The second-order valence-corrected chi connectivity index (χ2v) is 7.34.